The van der Waals surface area contributed by atoms with Gasteiger partial charge < -0.3 is 15.6 Å². The zero-order valence-electron chi connectivity index (χ0n) is 7.63. The maximum Gasteiger partial charge on any atom is 0.145 e. The molecule has 3 nitrogen and oxygen atoms in total. The van der Waals surface area contributed by atoms with E-state index in [0.29, 0.717) is 5.56 Å². The number of halogens is 2. The van der Waals surface area contributed by atoms with Crippen LogP contribution in [0.5, 0.6) is 5.75 Å². The summed E-state index contributed by atoms with van der Waals surface area (Å²) in [6.45, 7) is -0.252. The lowest BCUT2D eigenvalue weighted by atomic mass is 10.1. The van der Waals surface area contributed by atoms with Crippen LogP contribution in [0.25, 0.3) is 0 Å². The van der Waals surface area contributed by atoms with Gasteiger partial charge in [0.1, 0.15) is 11.6 Å². The fourth-order valence-corrected chi connectivity index (χ4v) is 1.28. The third-order valence-electron chi connectivity index (χ3n) is 1.87. The summed E-state index contributed by atoms with van der Waals surface area (Å²) in [6, 6.07) is 1.88. The number of rotatable bonds is 3. The Kier molecular flexibility index (Phi) is 3.69. The molecule has 0 saturated carbocycles. The molecule has 78 valence electrons. The maximum atomic E-state index is 13.0. The molecule has 0 aliphatic rings. The number of aliphatic hydroxyl groups is 1. The van der Waals surface area contributed by atoms with Crippen LogP contribution >= 0.6 is 11.6 Å². The minimum atomic E-state index is -0.622. The van der Waals surface area contributed by atoms with E-state index in [1.165, 1.54) is 13.2 Å². The fraction of sp³-hybridized carbons (Fsp3) is 0.333. The van der Waals surface area contributed by atoms with Gasteiger partial charge in [-0.1, -0.05) is 11.6 Å². The molecule has 1 unspecified atom stereocenters. The Morgan fingerprint density at radius 2 is 2.29 bits per heavy atom. The lowest BCUT2D eigenvalue weighted by Crippen LogP contribution is -2.15. The van der Waals surface area contributed by atoms with Gasteiger partial charge in [-0.05, 0) is 6.07 Å². The molecule has 1 aromatic rings. The van der Waals surface area contributed by atoms with Gasteiger partial charge >= 0.3 is 0 Å². The summed E-state index contributed by atoms with van der Waals surface area (Å²) < 4.78 is 17.9. The molecule has 0 aromatic heterocycles. The number of nitrogens with two attached hydrogens (primary N) is 1. The largest absolute Gasteiger partial charge is 0.496 e. The van der Waals surface area contributed by atoms with Crippen LogP contribution in [0.15, 0.2) is 12.1 Å². The molecule has 0 aliphatic carbocycles. The molecule has 0 saturated heterocycles. The van der Waals surface area contributed by atoms with E-state index in [0.717, 1.165) is 6.07 Å². The molecule has 0 fully saturated rings. The molecular formula is C9H11ClFNO2. The van der Waals surface area contributed by atoms with Gasteiger partial charge in [-0.25, -0.2) is 4.39 Å². The van der Waals surface area contributed by atoms with Crippen molar-refractivity contribution < 1.29 is 14.2 Å². The zero-order valence-corrected chi connectivity index (χ0v) is 8.38. The molecule has 1 aromatic carbocycles. The predicted octanol–water partition coefficient (Wildman–Crippen LogP) is 1.48. The number of ether oxygens (including phenoxy) is 1. The number of methoxy groups -OCH3 is 1. The van der Waals surface area contributed by atoms with Gasteiger partial charge in [0.05, 0.1) is 24.8 Å². The van der Waals surface area contributed by atoms with Crippen LogP contribution in [-0.4, -0.2) is 18.8 Å². The molecule has 0 aliphatic heterocycles. The predicted molar refractivity (Wildman–Crippen MR) is 52.0 cm³/mol. The van der Waals surface area contributed by atoms with Crippen LogP contribution in [0, 0.1) is 5.82 Å². The topological polar surface area (TPSA) is 55.5 Å². The number of hydrogen-bond donors (Lipinski definition) is 2. The van der Waals surface area contributed by atoms with Gasteiger partial charge in [0.25, 0.3) is 0 Å². The molecule has 14 heavy (non-hydrogen) atoms. The third kappa shape index (κ3) is 2.15. The van der Waals surface area contributed by atoms with Gasteiger partial charge in [0, 0.05) is 11.6 Å². The highest BCUT2D eigenvalue weighted by Gasteiger charge is 2.14. The Balaban J connectivity index is 3.19. The van der Waals surface area contributed by atoms with Crippen LogP contribution in [0.2, 0.25) is 5.02 Å². The smallest absolute Gasteiger partial charge is 0.145 e. The number of aliphatic hydroxyl groups excluding tert-OH is 1. The van der Waals surface area contributed by atoms with Gasteiger partial charge in [0.2, 0.25) is 0 Å². The number of benzene rings is 1. The Bertz CT molecular complexity index is 333. The van der Waals surface area contributed by atoms with Crippen molar-refractivity contribution in [2.24, 2.45) is 5.73 Å². The normalized spacial score (nSPS) is 12.6. The maximum absolute atomic E-state index is 13.0. The van der Waals surface area contributed by atoms with E-state index in [1.54, 1.807) is 0 Å². The highest BCUT2D eigenvalue weighted by Crippen LogP contribution is 2.29. The first-order valence-electron chi connectivity index (χ1n) is 3.99. The van der Waals surface area contributed by atoms with E-state index in [-0.39, 0.29) is 17.4 Å². The van der Waals surface area contributed by atoms with Crippen molar-refractivity contribution in [3.05, 3.63) is 28.5 Å². The summed E-state index contributed by atoms with van der Waals surface area (Å²) >= 11 is 5.58. The third-order valence-corrected chi connectivity index (χ3v) is 2.16. The molecule has 1 rings (SSSR count). The molecule has 0 radical (unpaired) electrons. The quantitative estimate of drug-likeness (QED) is 0.810. The first-order chi connectivity index (χ1) is 6.60. The molecule has 0 bridgehead atoms. The van der Waals surface area contributed by atoms with E-state index < -0.39 is 11.9 Å². The highest BCUT2D eigenvalue weighted by molar-refractivity contribution is 6.30. The van der Waals surface area contributed by atoms with Crippen molar-refractivity contribution >= 4 is 11.6 Å². The summed E-state index contributed by atoms with van der Waals surface area (Å²) in [7, 11) is 1.40. The lowest BCUT2D eigenvalue weighted by Gasteiger charge is -2.13. The highest BCUT2D eigenvalue weighted by atomic mass is 35.5. The number of hydrogen-bond acceptors (Lipinski definition) is 3. The lowest BCUT2D eigenvalue weighted by molar-refractivity contribution is 0.264. The Labute approximate surface area is 86.2 Å². The van der Waals surface area contributed by atoms with Crippen molar-refractivity contribution in [3.8, 4) is 5.75 Å². The van der Waals surface area contributed by atoms with Crippen molar-refractivity contribution in [2.75, 3.05) is 13.7 Å². The average Bonchev–Trinajstić information content (AvgIpc) is 2.20. The molecule has 3 N–H and O–H groups in total. The van der Waals surface area contributed by atoms with Gasteiger partial charge in [-0.3, -0.25) is 0 Å². The monoisotopic (exact) mass is 219 g/mol. The van der Waals surface area contributed by atoms with Crippen molar-refractivity contribution in [1.82, 2.24) is 0 Å². The SMILES string of the molecule is COc1cc(F)c(Cl)cc1C(N)CO. The molecule has 1 atom stereocenters. The molecule has 0 heterocycles. The summed E-state index contributed by atoms with van der Waals surface area (Å²) in [6.07, 6.45) is 0. The van der Waals surface area contributed by atoms with E-state index in [2.05, 4.69) is 0 Å². The minimum Gasteiger partial charge on any atom is -0.496 e. The van der Waals surface area contributed by atoms with Crippen LogP contribution in [0.4, 0.5) is 4.39 Å². The van der Waals surface area contributed by atoms with Gasteiger partial charge in [0.15, 0.2) is 0 Å². The van der Waals surface area contributed by atoms with E-state index in [4.69, 9.17) is 27.2 Å². The van der Waals surface area contributed by atoms with Gasteiger partial charge in [-0.15, -0.1) is 0 Å². The second kappa shape index (κ2) is 4.59. The van der Waals surface area contributed by atoms with Crippen LogP contribution in [0.3, 0.4) is 0 Å². The Morgan fingerprint density at radius 1 is 1.64 bits per heavy atom. The average molecular weight is 220 g/mol. The molecule has 5 heteroatoms. The van der Waals surface area contributed by atoms with Crippen molar-refractivity contribution in [2.45, 2.75) is 6.04 Å². The second-order valence-electron chi connectivity index (χ2n) is 2.80. The van der Waals surface area contributed by atoms with Crippen LogP contribution in [0.1, 0.15) is 11.6 Å². The Morgan fingerprint density at radius 3 is 2.79 bits per heavy atom. The molecule has 0 amide bonds. The van der Waals surface area contributed by atoms with E-state index in [1.807, 2.05) is 0 Å². The summed E-state index contributed by atoms with van der Waals surface area (Å²) in [4.78, 5) is 0. The first-order valence-corrected chi connectivity index (χ1v) is 4.37. The molecular weight excluding hydrogens is 209 g/mol. The Hall–Kier alpha value is -0.840. The summed E-state index contributed by atoms with van der Waals surface area (Å²) in [5.41, 5.74) is 6.07. The molecule has 0 spiro atoms. The summed E-state index contributed by atoms with van der Waals surface area (Å²) in [5.74, 6) is -0.286. The van der Waals surface area contributed by atoms with Crippen molar-refractivity contribution in [3.63, 3.8) is 0 Å². The summed E-state index contributed by atoms with van der Waals surface area (Å²) in [5, 5.41) is 8.81. The van der Waals surface area contributed by atoms with Crippen molar-refractivity contribution in [1.29, 1.82) is 0 Å². The first kappa shape index (κ1) is 11.2. The van der Waals surface area contributed by atoms with Crippen LogP contribution < -0.4 is 10.5 Å². The minimum absolute atomic E-state index is 0.0373. The van der Waals surface area contributed by atoms with E-state index >= 15 is 0 Å². The fourth-order valence-electron chi connectivity index (χ4n) is 1.11. The van der Waals surface area contributed by atoms with E-state index in [9.17, 15) is 4.39 Å². The standard InChI is InChI=1S/C9H11ClFNO2/c1-14-9-3-7(11)6(10)2-5(9)8(12)4-13/h2-3,8,13H,4,12H2,1H3. The second-order valence-corrected chi connectivity index (χ2v) is 3.20. The zero-order chi connectivity index (χ0) is 10.7. The van der Waals surface area contributed by atoms with Gasteiger partial charge in [-0.2, -0.15) is 0 Å². The van der Waals surface area contributed by atoms with Crippen LogP contribution in [-0.2, 0) is 0 Å².